The van der Waals surface area contributed by atoms with Crippen molar-refractivity contribution in [1.29, 1.82) is 0 Å². The van der Waals surface area contributed by atoms with Crippen molar-refractivity contribution in [2.24, 2.45) is 0 Å². The molecule has 0 aromatic rings. The van der Waals surface area contributed by atoms with Crippen LogP contribution in [0, 0.1) is 39.9 Å². The Bertz CT molecular complexity index is 3.61. The van der Waals surface area contributed by atoms with Crippen LogP contribution in [0.2, 0.25) is 0 Å². The van der Waals surface area contributed by atoms with Crippen molar-refractivity contribution in [2.75, 3.05) is 0 Å². The molecule has 0 unspecified atom stereocenters. The summed E-state index contributed by atoms with van der Waals surface area (Å²) < 4.78 is 0. The summed E-state index contributed by atoms with van der Waals surface area (Å²) in [6.07, 6.45) is 0. The van der Waals surface area contributed by atoms with Crippen LogP contribution in [0.15, 0.2) is 0 Å². The Morgan fingerprint density at radius 3 is 0.400 bits per heavy atom. The molecule has 0 aromatic carbocycles. The largest absolute Gasteiger partial charge is 0 e. The van der Waals surface area contributed by atoms with Gasteiger partial charge in [-0.1, -0.05) is 0 Å². The van der Waals surface area contributed by atoms with Crippen LogP contribution in [0.1, 0.15) is 0 Å². The van der Waals surface area contributed by atoms with Crippen LogP contribution in [0.4, 0.5) is 0 Å². The molecular weight excluding hydrogens is 275 g/mol. The molecule has 5 heteroatoms. The van der Waals surface area contributed by atoms with Crippen molar-refractivity contribution in [3.05, 3.63) is 0 Å². The Kier molecular flexibility index (Phi) is 765. The Hall–Kier alpha value is 1.58. The summed E-state index contributed by atoms with van der Waals surface area (Å²) in [5.74, 6) is 0. The molecule has 0 saturated carbocycles. The molecule has 0 nitrogen and oxygen atoms in total. The molecule has 12 radical (unpaired) electrons. The van der Waals surface area contributed by atoms with E-state index in [4.69, 9.17) is 0 Å². The van der Waals surface area contributed by atoms with Crippen molar-refractivity contribution in [3.63, 3.8) is 0 Å². The monoisotopic (exact) mass is 276 g/mol. The van der Waals surface area contributed by atoms with Gasteiger partial charge in [0.2, 0.25) is 0 Å². The van der Waals surface area contributed by atoms with Gasteiger partial charge in [-0.2, -0.15) is 0 Å². The summed E-state index contributed by atoms with van der Waals surface area (Å²) in [7, 11) is 0. The standard InChI is InChI=1S/4B.Th. The molecule has 0 N–H and O–H groups in total. The van der Waals surface area contributed by atoms with Gasteiger partial charge in [-0.25, -0.2) is 0 Å². The molecule has 0 aliphatic carbocycles. The molecule has 0 fully saturated rings. The van der Waals surface area contributed by atoms with Crippen molar-refractivity contribution in [2.45, 2.75) is 0 Å². The van der Waals surface area contributed by atoms with Gasteiger partial charge >= 0.3 is 0 Å². The van der Waals surface area contributed by atoms with Crippen LogP contribution >= 0.6 is 0 Å². The van der Waals surface area contributed by atoms with Gasteiger partial charge in [-0.05, 0) is 0 Å². The minimum absolute atomic E-state index is 0. The summed E-state index contributed by atoms with van der Waals surface area (Å²) >= 11 is 0. The van der Waals surface area contributed by atoms with E-state index in [9.17, 15) is 0 Å². The molecule has 0 aromatic heterocycles. The van der Waals surface area contributed by atoms with Gasteiger partial charge in [-0.15, -0.1) is 0 Å². The molecule has 16 valence electrons. The summed E-state index contributed by atoms with van der Waals surface area (Å²) in [6, 6.07) is 0. The van der Waals surface area contributed by atoms with E-state index < -0.39 is 0 Å². The van der Waals surface area contributed by atoms with Gasteiger partial charge in [0.1, 0.15) is 0 Å². The molecule has 0 heterocycles. The SMILES string of the molecule is [B].[B].[B].[B].[Th]. The molecular formula is B4Th. The van der Waals surface area contributed by atoms with Gasteiger partial charge in [-0.3, -0.25) is 0 Å². The first-order chi connectivity index (χ1) is 0. The van der Waals surface area contributed by atoms with Crippen molar-refractivity contribution in [1.82, 2.24) is 0 Å². The van der Waals surface area contributed by atoms with E-state index in [1.54, 1.807) is 0 Å². The third kappa shape index (κ3) is 28.6. The average Bonchev–Trinajstić information content (AvgIpc) is 0. The van der Waals surface area contributed by atoms with Crippen LogP contribution in [0.5, 0.6) is 0 Å². The first-order valence-electron chi connectivity index (χ1n) is 0. The average molecular weight is 275 g/mol. The summed E-state index contributed by atoms with van der Waals surface area (Å²) in [4.78, 5) is 0. The number of hydrogen-bond donors (Lipinski definition) is 0. The second-order valence-electron chi connectivity index (χ2n) is 0. The smallest absolute Gasteiger partial charge is 0 e. The molecule has 0 aliphatic heterocycles. The maximum Gasteiger partial charge on any atom is 0 e. The fourth-order valence-corrected chi connectivity index (χ4v) is 0. The summed E-state index contributed by atoms with van der Waals surface area (Å²) in [5.41, 5.74) is 0. The maximum absolute atomic E-state index is 0. The van der Waals surface area contributed by atoms with E-state index in [1.165, 1.54) is 0 Å². The van der Waals surface area contributed by atoms with Gasteiger partial charge < -0.3 is 0 Å². The minimum atomic E-state index is 0. The zero-order valence-electron chi connectivity index (χ0n) is 2.81. The van der Waals surface area contributed by atoms with Gasteiger partial charge in [0.15, 0.2) is 0 Å². The van der Waals surface area contributed by atoms with Gasteiger partial charge in [0, 0.05) is 73.6 Å². The fourth-order valence-electron chi connectivity index (χ4n) is 0. The predicted molar refractivity (Wildman–Crippen MR) is 23.0 cm³/mol. The third-order valence-electron chi connectivity index (χ3n) is 0. The topological polar surface area (TPSA) is 0 Å². The van der Waals surface area contributed by atoms with E-state index in [0.29, 0.717) is 0 Å². The van der Waals surface area contributed by atoms with Crippen LogP contribution < -0.4 is 0 Å². The van der Waals surface area contributed by atoms with E-state index in [0.717, 1.165) is 0 Å². The number of hydrogen-bond acceptors (Lipinski definition) is 0. The first-order valence-corrected chi connectivity index (χ1v) is 0. The minimum Gasteiger partial charge on any atom is 0 e. The zero-order valence-corrected chi connectivity index (χ0v) is 6.92. The quantitative estimate of drug-likeness (QED) is 0.471. The van der Waals surface area contributed by atoms with Crippen LogP contribution in [0.25, 0.3) is 0 Å². The van der Waals surface area contributed by atoms with E-state index in [-0.39, 0.29) is 73.6 Å². The summed E-state index contributed by atoms with van der Waals surface area (Å²) in [5, 5.41) is 0. The molecule has 0 rings (SSSR count). The molecule has 0 aliphatic rings. The van der Waals surface area contributed by atoms with Crippen molar-refractivity contribution >= 4 is 33.7 Å². The molecule has 0 spiro atoms. The fraction of sp³-hybridized carbons (Fsp3) is 0. The predicted octanol–water partition coefficient (Wildman–Crippen LogP) is -1.52. The van der Waals surface area contributed by atoms with E-state index in [1.807, 2.05) is 0 Å². The molecule has 0 amide bonds. The Morgan fingerprint density at radius 2 is 0.400 bits per heavy atom. The Labute approximate surface area is 72.8 Å². The van der Waals surface area contributed by atoms with E-state index >= 15 is 0 Å². The molecule has 0 atom stereocenters. The molecule has 0 saturated heterocycles. The second-order valence-corrected chi connectivity index (χ2v) is 0. The Morgan fingerprint density at radius 1 is 0.400 bits per heavy atom. The molecule has 5 heavy (non-hydrogen) atoms. The maximum atomic E-state index is 0. The van der Waals surface area contributed by atoms with Crippen LogP contribution in [0.3, 0.4) is 0 Å². The zero-order chi connectivity index (χ0) is 0. The van der Waals surface area contributed by atoms with Crippen LogP contribution in [-0.4, -0.2) is 33.7 Å². The van der Waals surface area contributed by atoms with Crippen molar-refractivity contribution in [3.8, 4) is 0 Å². The first kappa shape index (κ1) is 81.8. The summed E-state index contributed by atoms with van der Waals surface area (Å²) in [6.45, 7) is 0. The molecule has 0 bridgehead atoms. The number of rotatable bonds is 0. The van der Waals surface area contributed by atoms with Gasteiger partial charge in [0.25, 0.3) is 0 Å². The van der Waals surface area contributed by atoms with Gasteiger partial charge in [0.05, 0.1) is 0 Å². The van der Waals surface area contributed by atoms with E-state index in [2.05, 4.69) is 0 Å². The van der Waals surface area contributed by atoms with Crippen molar-refractivity contribution < 1.29 is 39.9 Å². The normalized spacial score (nSPS) is 0. The second kappa shape index (κ2) is 46.8. The van der Waals surface area contributed by atoms with Crippen LogP contribution in [-0.2, 0) is 0 Å². The third-order valence-corrected chi connectivity index (χ3v) is 0. The Balaban J connectivity index is 0.